The molecule has 5 rings (SSSR count). The number of nitriles is 1. The molecule has 0 aliphatic carbocycles. The molecule has 9 heteroatoms. The average Bonchev–Trinajstić information content (AvgIpc) is 3.31. The summed E-state index contributed by atoms with van der Waals surface area (Å²) < 4.78 is 1.56. The van der Waals surface area contributed by atoms with Gasteiger partial charge >= 0.3 is 5.97 Å². The molecule has 0 spiro atoms. The van der Waals surface area contributed by atoms with Crippen molar-refractivity contribution in [2.24, 2.45) is 0 Å². The molecule has 7 nitrogen and oxygen atoms in total. The summed E-state index contributed by atoms with van der Waals surface area (Å²) >= 11 is 12.6. The van der Waals surface area contributed by atoms with Gasteiger partial charge in [-0.3, -0.25) is 9.59 Å². The van der Waals surface area contributed by atoms with Crippen LogP contribution in [0.15, 0.2) is 72.8 Å². The van der Waals surface area contributed by atoms with Crippen molar-refractivity contribution < 1.29 is 14.7 Å². The van der Waals surface area contributed by atoms with E-state index >= 15 is 0 Å². The lowest BCUT2D eigenvalue weighted by Gasteiger charge is -2.32. The van der Waals surface area contributed by atoms with Gasteiger partial charge in [-0.2, -0.15) is 10.4 Å². The summed E-state index contributed by atoms with van der Waals surface area (Å²) in [7, 11) is 0. The highest BCUT2D eigenvalue weighted by Gasteiger charge is 2.32. The number of para-hydroxylation sites is 1. The molecule has 0 saturated carbocycles. The third-order valence-corrected chi connectivity index (χ3v) is 7.58. The van der Waals surface area contributed by atoms with Crippen LogP contribution >= 0.6 is 23.2 Å². The highest BCUT2D eigenvalue weighted by Crippen LogP contribution is 2.35. The highest BCUT2D eigenvalue weighted by molar-refractivity contribution is 6.32. The van der Waals surface area contributed by atoms with E-state index in [0.717, 1.165) is 18.4 Å². The number of carboxylic acids is 1. The fourth-order valence-electron chi connectivity index (χ4n) is 5.04. The van der Waals surface area contributed by atoms with Crippen LogP contribution in [0.5, 0.6) is 0 Å². The van der Waals surface area contributed by atoms with E-state index in [0.29, 0.717) is 51.2 Å². The molecule has 1 aliphatic rings. The van der Waals surface area contributed by atoms with Gasteiger partial charge in [0.25, 0.3) is 5.91 Å². The number of hydrogen-bond acceptors (Lipinski definition) is 4. The van der Waals surface area contributed by atoms with Gasteiger partial charge < -0.3 is 10.0 Å². The molecular formula is C30H24Cl2N4O3. The fourth-order valence-corrected chi connectivity index (χ4v) is 5.38. The van der Waals surface area contributed by atoms with E-state index in [-0.39, 0.29) is 23.9 Å². The minimum atomic E-state index is -1.07. The number of carboxylic acid groups (broad SMARTS) is 1. The van der Waals surface area contributed by atoms with Crippen LogP contribution in [0.1, 0.15) is 45.9 Å². The standard InChI is InChI=1S/C30H24Cl2N4O3/c31-23-11-9-22(10-12-23)29-24(17-27(37)38)28(34-36(29)26-4-2-1-3-25(26)32)30(39)35-15-13-21(14-16-35)20-7-5-19(18-33)6-8-20/h1-12,21H,13-17H2,(H,37,38). The molecule has 196 valence electrons. The maximum absolute atomic E-state index is 13.9. The highest BCUT2D eigenvalue weighted by atomic mass is 35.5. The second kappa shape index (κ2) is 11.3. The molecule has 0 atom stereocenters. The smallest absolute Gasteiger partial charge is 0.307 e. The molecule has 1 N–H and O–H groups in total. The second-order valence-corrected chi connectivity index (χ2v) is 10.3. The first-order chi connectivity index (χ1) is 18.9. The van der Waals surface area contributed by atoms with Gasteiger partial charge in [0.15, 0.2) is 5.69 Å². The van der Waals surface area contributed by atoms with Crippen molar-refractivity contribution in [3.8, 4) is 23.0 Å². The third-order valence-electron chi connectivity index (χ3n) is 7.01. The van der Waals surface area contributed by atoms with Gasteiger partial charge in [-0.1, -0.05) is 59.6 Å². The molecule has 1 amide bonds. The second-order valence-electron chi connectivity index (χ2n) is 9.42. The van der Waals surface area contributed by atoms with E-state index in [1.54, 1.807) is 58.1 Å². The Morgan fingerprint density at radius 1 is 0.974 bits per heavy atom. The Kier molecular flexibility index (Phi) is 7.69. The number of nitrogens with zero attached hydrogens (tertiary/aromatic N) is 4. The van der Waals surface area contributed by atoms with Crippen molar-refractivity contribution in [2.45, 2.75) is 25.2 Å². The zero-order valence-corrected chi connectivity index (χ0v) is 22.4. The number of piperidine rings is 1. The Morgan fingerprint density at radius 2 is 1.64 bits per heavy atom. The van der Waals surface area contributed by atoms with E-state index < -0.39 is 5.97 Å². The van der Waals surface area contributed by atoms with Crippen LogP contribution in [0.3, 0.4) is 0 Å². The SMILES string of the molecule is N#Cc1ccc(C2CCN(C(=O)c3nn(-c4ccccc4Cl)c(-c4ccc(Cl)cc4)c3CC(=O)O)CC2)cc1. The molecule has 2 heterocycles. The van der Waals surface area contributed by atoms with Crippen LogP contribution < -0.4 is 0 Å². The maximum atomic E-state index is 13.9. The first-order valence-electron chi connectivity index (χ1n) is 12.5. The predicted molar refractivity (Wildman–Crippen MR) is 149 cm³/mol. The minimum absolute atomic E-state index is 0.0964. The zero-order chi connectivity index (χ0) is 27.5. The maximum Gasteiger partial charge on any atom is 0.307 e. The summed E-state index contributed by atoms with van der Waals surface area (Å²) in [6, 6.07) is 23.7. The molecule has 0 unspecified atom stereocenters. The van der Waals surface area contributed by atoms with Crippen molar-refractivity contribution in [3.63, 3.8) is 0 Å². The summed E-state index contributed by atoms with van der Waals surface area (Å²) in [4.78, 5) is 27.6. The Morgan fingerprint density at radius 3 is 2.26 bits per heavy atom. The number of rotatable bonds is 6. The number of aliphatic carboxylic acids is 1. The van der Waals surface area contributed by atoms with Crippen molar-refractivity contribution in [1.82, 2.24) is 14.7 Å². The van der Waals surface area contributed by atoms with E-state index in [1.165, 1.54) is 0 Å². The lowest BCUT2D eigenvalue weighted by Crippen LogP contribution is -2.38. The van der Waals surface area contributed by atoms with Gasteiger partial charge in [-0.15, -0.1) is 0 Å². The van der Waals surface area contributed by atoms with Gasteiger partial charge in [0, 0.05) is 29.2 Å². The summed E-state index contributed by atoms with van der Waals surface area (Å²) in [5.74, 6) is -1.12. The largest absolute Gasteiger partial charge is 0.481 e. The number of likely N-dealkylation sites (tertiary alicyclic amines) is 1. The predicted octanol–water partition coefficient (Wildman–Crippen LogP) is 6.36. The Hall–Kier alpha value is -4.12. The normalized spacial score (nSPS) is 13.7. The summed E-state index contributed by atoms with van der Waals surface area (Å²) in [6.07, 6.45) is 1.12. The van der Waals surface area contributed by atoms with Crippen LogP contribution in [0, 0.1) is 11.3 Å². The lowest BCUT2D eigenvalue weighted by atomic mass is 9.89. The molecule has 39 heavy (non-hydrogen) atoms. The van der Waals surface area contributed by atoms with Gasteiger partial charge in [0.05, 0.1) is 34.5 Å². The topological polar surface area (TPSA) is 99.2 Å². The molecule has 0 bridgehead atoms. The number of carbonyl (C=O) groups is 2. The number of aromatic nitrogens is 2. The summed E-state index contributed by atoms with van der Waals surface area (Å²) in [5.41, 5.74) is 3.86. The van der Waals surface area contributed by atoms with Crippen molar-refractivity contribution in [2.75, 3.05) is 13.1 Å². The van der Waals surface area contributed by atoms with Crippen LogP contribution in [0.4, 0.5) is 0 Å². The Labute approximate surface area is 235 Å². The van der Waals surface area contributed by atoms with Gasteiger partial charge in [0.1, 0.15) is 0 Å². The van der Waals surface area contributed by atoms with Crippen LogP contribution in [0.25, 0.3) is 16.9 Å². The number of halogens is 2. The van der Waals surface area contributed by atoms with Gasteiger partial charge in [-0.25, -0.2) is 4.68 Å². The van der Waals surface area contributed by atoms with Crippen LogP contribution in [-0.2, 0) is 11.2 Å². The first kappa shape index (κ1) is 26.5. The summed E-state index contributed by atoms with van der Waals surface area (Å²) in [6.45, 7) is 1.01. The molecule has 1 fully saturated rings. The lowest BCUT2D eigenvalue weighted by molar-refractivity contribution is -0.136. The Bertz CT molecular complexity index is 1570. The van der Waals surface area contributed by atoms with Crippen molar-refractivity contribution in [1.29, 1.82) is 5.26 Å². The Balaban J connectivity index is 1.52. The quantitative estimate of drug-likeness (QED) is 0.296. The van der Waals surface area contributed by atoms with Gasteiger partial charge in [-0.05, 0) is 60.7 Å². The first-order valence-corrected chi connectivity index (χ1v) is 13.2. The minimum Gasteiger partial charge on any atom is -0.481 e. The van der Waals surface area contributed by atoms with Crippen molar-refractivity contribution in [3.05, 3.63) is 105 Å². The van der Waals surface area contributed by atoms with Crippen LogP contribution in [-0.4, -0.2) is 44.8 Å². The molecule has 4 aromatic rings. The van der Waals surface area contributed by atoms with Gasteiger partial charge in [0.2, 0.25) is 0 Å². The third kappa shape index (κ3) is 5.53. The number of hydrogen-bond donors (Lipinski definition) is 1. The number of benzene rings is 3. The molecular weight excluding hydrogens is 535 g/mol. The number of amides is 1. The van der Waals surface area contributed by atoms with Crippen LogP contribution in [0.2, 0.25) is 10.0 Å². The molecule has 3 aromatic carbocycles. The van der Waals surface area contributed by atoms with E-state index in [9.17, 15) is 14.7 Å². The molecule has 1 aliphatic heterocycles. The zero-order valence-electron chi connectivity index (χ0n) is 20.8. The average molecular weight is 559 g/mol. The number of carbonyl (C=O) groups excluding carboxylic acids is 1. The van der Waals surface area contributed by atoms with E-state index in [2.05, 4.69) is 11.2 Å². The van der Waals surface area contributed by atoms with Crippen molar-refractivity contribution >= 4 is 35.1 Å². The fraction of sp³-hybridized carbons (Fsp3) is 0.200. The molecule has 1 aromatic heterocycles. The monoisotopic (exact) mass is 558 g/mol. The van der Waals surface area contributed by atoms with E-state index in [4.69, 9.17) is 28.5 Å². The molecule has 1 saturated heterocycles. The molecule has 0 radical (unpaired) electrons. The summed E-state index contributed by atoms with van der Waals surface area (Å²) in [5, 5.41) is 24.5. The van der Waals surface area contributed by atoms with E-state index in [1.807, 2.05) is 24.3 Å².